The largest absolute Gasteiger partial charge is 0.329 e. The van der Waals surface area contributed by atoms with Crippen molar-refractivity contribution in [3.05, 3.63) is 0 Å². The summed E-state index contributed by atoms with van der Waals surface area (Å²) in [7, 11) is 0. The van der Waals surface area contributed by atoms with Crippen LogP contribution >= 0.6 is 0 Å². The second kappa shape index (κ2) is 3.22. The molecule has 3 heteroatoms. The summed E-state index contributed by atoms with van der Waals surface area (Å²) in [6, 6.07) is 0.555. The van der Waals surface area contributed by atoms with E-state index in [0.29, 0.717) is 6.04 Å². The highest BCUT2D eigenvalue weighted by Crippen LogP contribution is 2.08. The molecule has 11 heavy (non-hydrogen) atoms. The lowest BCUT2D eigenvalue weighted by Crippen LogP contribution is -2.32. The number of nitrogens with zero attached hydrogens (tertiary/aromatic N) is 2. The maximum Gasteiger partial charge on any atom is 0.220 e. The average molecular weight is 156 g/mol. The van der Waals surface area contributed by atoms with Gasteiger partial charge < -0.3 is 4.90 Å². The van der Waals surface area contributed by atoms with Gasteiger partial charge in [-0.25, -0.2) is 0 Å². The minimum absolute atomic E-state index is 0.188. The van der Waals surface area contributed by atoms with Gasteiger partial charge in [-0.3, -0.25) is 9.69 Å². The van der Waals surface area contributed by atoms with Crippen molar-refractivity contribution in [3.63, 3.8) is 0 Å². The van der Waals surface area contributed by atoms with Gasteiger partial charge in [0.1, 0.15) is 0 Å². The van der Waals surface area contributed by atoms with Crippen LogP contribution in [0.5, 0.6) is 0 Å². The predicted octanol–water partition coefficient (Wildman–Crippen LogP) is 0.516. The van der Waals surface area contributed by atoms with Gasteiger partial charge in [0.25, 0.3) is 0 Å². The number of hydrogen-bond acceptors (Lipinski definition) is 2. The summed E-state index contributed by atoms with van der Waals surface area (Å²) in [5.74, 6) is 0.188. The molecule has 0 aromatic heterocycles. The Bertz CT molecular complexity index is 156. The second-order valence-electron chi connectivity index (χ2n) is 3.33. The standard InChI is InChI=1S/C8H16N2O/c1-7(2)9-4-5-10(6-9)8(3)11/h7H,4-6H2,1-3H3. The zero-order chi connectivity index (χ0) is 8.43. The second-order valence-corrected chi connectivity index (χ2v) is 3.33. The first-order valence-electron chi connectivity index (χ1n) is 4.11. The number of amides is 1. The van der Waals surface area contributed by atoms with Crippen LogP contribution in [0.4, 0.5) is 0 Å². The summed E-state index contributed by atoms with van der Waals surface area (Å²) >= 11 is 0. The van der Waals surface area contributed by atoms with Crippen molar-refractivity contribution in [1.82, 2.24) is 9.80 Å². The lowest BCUT2D eigenvalue weighted by atomic mass is 10.3. The Kier molecular flexibility index (Phi) is 2.49. The van der Waals surface area contributed by atoms with Crippen molar-refractivity contribution >= 4 is 5.91 Å². The quantitative estimate of drug-likeness (QED) is 0.552. The van der Waals surface area contributed by atoms with Gasteiger partial charge in [0.15, 0.2) is 0 Å². The first-order chi connectivity index (χ1) is 5.11. The van der Waals surface area contributed by atoms with E-state index in [0.717, 1.165) is 19.8 Å². The molecular formula is C8H16N2O. The zero-order valence-electron chi connectivity index (χ0n) is 7.50. The van der Waals surface area contributed by atoms with Gasteiger partial charge in [-0.05, 0) is 13.8 Å². The van der Waals surface area contributed by atoms with E-state index in [1.807, 2.05) is 4.90 Å². The molecule has 0 aromatic rings. The Morgan fingerprint density at radius 2 is 2.00 bits per heavy atom. The third-order valence-electron chi connectivity index (χ3n) is 2.19. The van der Waals surface area contributed by atoms with Crippen molar-refractivity contribution in [2.75, 3.05) is 19.8 Å². The van der Waals surface area contributed by atoms with E-state index < -0.39 is 0 Å². The summed E-state index contributed by atoms with van der Waals surface area (Å²) in [5, 5.41) is 0. The first kappa shape index (κ1) is 8.53. The normalized spacial score (nSPS) is 19.8. The summed E-state index contributed by atoms with van der Waals surface area (Å²) in [6.07, 6.45) is 0. The van der Waals surface area contributed by atoms with Crippen LogP contribution in [0.25, 0.3) is 0 Å². The number of carbonyl (C=O) groups is 1. The van der Waals surface area contributed by atoms with Crippen molar-refractivity contribution < 1.29 is 4.79 Å². The molecule has 0 aromatic carbocycles. The first-order valence-corrected chi connectivity index (χ1v) is 4.11. The van der Waals surface area contributed by atoms with Crippen LogP contribution in [0.3, 0.4) is 0 Å². The molecule has 0 bridgehead atoms. The van der Waals surface area contributed by atoms with Crippen LogP contribution in [0.1, 0.15) is 20.8 Å². The van der Waals surface area contributed by atoms with E-state index in [2.05, 4.69) is 18.7 Å². The van der Waals surface area contributed by atoms with E-state index in [4.69, 9.17) is 0 Å². The van der Waals surface area contributed by atoms with E-state index in [1.165, 1.54) is 0 Å². The summed E-state index contributed by atoms with van der Waals surface area (Å²) < 4.78 is 0. The molecule has 3 nitrogen and oxygen atoms in total. The van der Waals surface area contributed by atoms with Gasteiger partial charge in [0.05, 0.1) is 6.67 Å². The average Bonchev–Trinajstić information content (AvgIpc) is 2.33. The fourth-order valence-corrected chi connectivity index (χ4v) is 1.29. The topological polar surface area (TPSA) is 23.6 Å². The van der Waals surface area contributed by atoms with Crippen molar-refractivity contribution in [1.29, 1.82) is 0 Å². The van der Waals surface area contributed by atoms with Crippen LogP contribution in [0, 0.1) is 0 Å². The summed E-state index contributed by atoms with van der Waals surface area (Å²) in [6.45, 7) is 8.68. The molecule has 0 aliphatic carbocycles. The predicted molar refractivity (Wildman–Crippen MR) is 44.1 cm³/mol. The molecule has 1 heterocycles. The SMILES string of the molecule is CC(=O)N1CCN(C(C)C)C1. The molecular weight excluding hydrogens is 140 g/mol. The van der Waals surface area contributed by atoms with E-state index in [9.17, 15) is 4.79 Å². The Hall–Kier alpha value is -0.570. The minimum atomic E-state index is 0.188. The van der Waals surface area contributed by atoms with Crippen LogP contribution in [0.2, 0.25) is 0 Å². The molecule has 0 unspecified atom stereocenters. The molecule has 0 saturated carbocycles. The van der Waals surface area contributed by atoms with E-state index in [1.54, 1.807) is 6.92 Å². The number of hydrogen-bond donors (Lipinski definition) is 0. The Morgan fingerprint density at radius 3 is 2.27 bits per heavy atom. The number of rotatable bonds is 1. The fourth-order valence-electron chi connectivity index (χ4n) is 1.29. The monoisotopic (exact) mass is 156 g/mol. The smallest absolute Gasteiger partial charge is 0.220 e. The summed E-state index contributed by atoms with van der Waals surface area (Å²) in [5.41, 5.74) is 0. The van der Waals surface area contributed by atoms with Crippen molar-refractivity contribution in [3.8, 4) is 0 Å². The maximum atomic E-state index is 10.9. The van der Waals surface area contributed by atoms with Gasteiger partial charge in [0.2, 0.25) is 5.91 Å². The molecule has 1 amide bonds. The van der Waals surface area contributed by atoms with Crippen molar-refractivity contribution in [2.24, 2.45) is 0 Å². The summed E-state index contributed by atoms with van der Waals surface area (Å²) in [4.78, 5) is 15.1. The van der Waals surface area contributed by atoms with Gasteiger partial charge >= 0.3 is 0 Å². The zero-order valence-corrected chi connectivity index (χ0v) is 7.50. The lowest BCUT2D eigenvalue weighted by Gasteiger charge is -2.20. The molecule has 1 aliphatic rings. The molecule has 1 aliphatic heterocycles. The molecule has 1 saturated heterocycles. The molecule has 1 fully saturated rings. The molecule has 0 spiro atoms. The molecule has 0 radical (unpaired) electrons. The third kappa shape index (κ3) is 1.93. The van der Waals surface area contributed by atoms with Crippen LogP contribution in [-0.2, 0) is 4.79 Å². The Morgan fingerprint density at radius 1 is 1.36 bits per heavy atom. The highest BCUT2D eigenvalue weighted by Gasteiger charge is 2.22. The maximum absolute atomic E-state index is 10.9. The molecule has 1 rings (SSSR count). The van der Waals surface area contributed by atoms with Gasteiger partial charge in [-0.2, -0.15) is 0 Å². The van der Waals surface area contributed by atoms with Crippen LogP contribution < -0.4 is 0 Å². The highest BCUT2D eigenvalue weighted by atomic mass is 16.2. The molecule has 64 valence electrons. The number of carbonyl (C=O) groups excluding carboxylic acids is 1. The Labute approximate surface area is 68.0 Å². The minimum Gasteiger partial charge on any atom is -0.329 e. The lowest BCUT2D eigenvalue weighted by molar-refractivity contribution is -0.128. The van der Waals surface area contributed by atoms with Crippen molar-refractivity contribution in [2.45, 2.75) is 26.8 Å². The van der Waals surface area contributed by atoms with E-state index >= 15 is 0 Å². The van der Waals surface area contributed by atoms with Gasteiger partial charge in [-0.15, -0.1) is 0 Å². The third-order valence-corrected chi connectivity index (χ3v) is 2.19. The van der Waals surface area contributed by atoms with E-state index in [-0.39, 0.29) is 5.91 Å². The fraction of sp³-hybridized carbons (Fsp3) is 0.875. The van der Waals surface area contributed by atoms with Gasteiger partial charge in [-0.1, -0.05) is 0 Å². The van der Waals surface area contributed by atoms with Gasteiger partial charge in [0, 0.05) is 26.1 Å². The highest BCUT2D eigenvalue weighted by molar-refractivity contribution is 5.73. The van der Waals surface area contributed by atoms with Crippen LogP contribution in [-0.4, -0.2) is 41.5 Å². The Balaban J connectivity index is 2.41. The molecule has 0 atom stereocenters. The molecule has 0 N–H and O–H groups in total. The van der Waals surface area contributed by atoms with Crippen LogP contribution in [0.15, 0.2) is 0 Å².